The number of benzene rings is 1. The second-order valence-corrected chi connectivity index (χ2v) is 7.91. The van der Waals surface area contributed by atoms with E-state index < -0.39 is 0 Å². The van der Waals surface area contributed by atoms with E-state index in [2.05, 4.69) is 49.3 Å². The third kappa shape index (κ3) is 1.57. The number of likely N-dealkylation sites (N-methyl/N-ethyl adjacent to an activating group) is 1. The molecule has 0 spiro atoms. The normalized spacial score (nSPS) is 39.9. The number of aromatic amines is 1. The molecule has 1 aromatic carbocycles. The molecule has 3 nitrogen and oxygen atoms in total. The van der Waals surface area contributed by atoms with E-state index in [4.69, 9.17) is 0 Å². The number of fused-ring (bicyclic) bond motifs is 4. The van der Waals surface area contributed by atoms with Crippen molar-refractivity contribution < 1.29 is 9.59 Å². The summed E-state index contributed by atoms with van der Waals surface area (Å²) in [6.45, 7) is 3.65. The molecular weight excluding hydrogens is 284 g/mol. The number of hydrogen-bond donors (Lipinski definition) is 2. The van der Waals surface area contributed by atoms with E-state index in [9.17, 15) is 5.11 Å². The Labute approximate surface area is 137 Å². The second kappa shape index (κ2) is 4.49. The van der Waals surface area contributed by atoms with Crippen LogP contribution in [0.25, 0.3) is 10.9 Å². The predicted octanol–water partition coefficient (Wildman–Crippen LogP) is 3.17. The molecule has 4 aliphatic rings. The summed E-state index contributed by atoms with van der Waals surface area (Å²) < 4.78 is 1.08. The van der Waals surface area contributed by atoms with Crippen LogP contribution in [0.15, 0.2) is 35.9 Å². The summed E-state index contributed by atoms with van der Waals surface area (Å²) in [6, 6.07) is 9.84. The van der Waals surface area contributed by atoms with E-state index in [0.29, 0.717) is 30.5 Å². The van der Waals surface area contributed by atoms with Crippen LogP contribution in [0.5, 0.6) is 0 Å². The van der Waals surface area contributed by atoms with E-state index in [-0.39, 0.29) is 0 Å². The first-order chi connectivity index (χ1) is 11.2. The standard InChI is InChI=1S/C20H25N2O/c1-3-12-10-22(2)18-9-15-13-6-4-5-7-17(13)21-20(15)19(22)8-14(12)16(18)11-23/h3-7,14,16,18-19,21,23H,8-11H2,1-2H3/q+1/b12-3-/t14-,16-,18+,19+,22+/m1/s1. The van der Waals surface area contributed by atoms with Crippen LogP contribution >= 0.6 is 0 Å². The highest BCUT2D eigenvalue weighted by molar-refractivity contribution is 5.85. The molecule has 0 amide bonds. The molecule has 3 heteroatoms. The zero-order valence-corrected chi connectivity index (χ0v) is 13.9. The summed E-state index contributed by atoms with van der Waals surface area (Å²) >= 11 is 0. The molecule has 4 aliphatic heterocycles. The molecule has 1 aromatic heterocycles. The molecule has 3 saturated heterocycles. The Morgan fingerprint density at radius 1 is 1.35 bits per heavy atom. The van der Waals surface area contributed by atoms with E-state index >= 15 is 0 Å². The van der Waals surface area contributed by atoms with Gasteiger partial charge in [0.25, 0.3) is 0 Å². The van der Waals surface area contributed by atoms with Gasteiger partial charge in [-0.3, -0.25) is 0 Å². The van der Waals surface area contributed by atoms with Crippen LogP contribution in [0, 0.1) is 11.8 Å². The molecule has 0 radical (unpaired) electrons. The average molecular weight is 309 g/mol. The lowest BCUT2D eigenvalue weighted by atomic mass is 9.62. The summed E-state index contributed by atoms with van der Waals surface area (Å²) in [5.74, 6) is 0.984. The van der Waals surface area contributed by atoms with Crippen molar-refractivity contribution in [2.45, 2.75) is 31.8 Å². The fourth-order valence-corrected chi connectivity index (χ4v) is 6.02. The van der Waals surface area contributed by atoms with Gasteiger partial charge >= 0.3 is 0 Å². The Hall–Kier alpha value is -1.58. The zero-order valence-electron chi connectivity index (χ0n) is 13.9. The Bertz CT molecular complexity index is 820. The fourth-order valence-electron chi connectivity index (χ4n) is 6.02. The van der Waals surface area contributed by atoms with Gasteiger partial charge in [0.05, 0.1) is 25.4 Å². The zero-order chi connectivity index (χ0) is 15.8. The lowest BCUT2D eigenvalue weighted by Crippen LogP contribution is -2.70. The Morgan fingerprint density at radius 3 is 2.96 bits per heavy atom. The molecule has 0 aliphatic carbocycles. The first-order valence-corrected chi connectivity index (χ1v) is 8.87. The van der Waals surface area contributed by atoms with Gasteiger partial charge in [-0.1, -0.05) is 24.3 Å². The van der Waals surface area contributed by atoms with Gasteiger partial charge in [-0.15, -0.1) is 0 Å². The van der Waals surface area contributed by atoms with Crippen LogP contribution in [0.2, 0.25) is 0 Å². The molecular formula is C20H25N2O+. The number of aliphatic hydroxyl groups excluding tert-OH is 1. The number of para-hydroxylation sites is 1. The highest BCUT2D eigenvalue weighted by Crippen LogP contribution is 2.57. The molecule has 4 bridgehead atoms. The van der Waals surface area contributed by atoms with Gasteiger partial charge in [0, 0.05) is 35.6 Å². The summed E-state index contributed by atoms with van der Waals surface area (Å²) in [7, 11) is 2.42. The minimum Gasteiger partial charge on any atom is -0.396 e. The monoisotopic (exact) mass is 309 g/mol. The van der Waals surface area contributed by atoms with Crippen LogP contribution < -0.4 is 0 Å². The van der Waals surface area contributed by atoms with Crippen molar-refractivity contribution in [3.63, 3.8) is 0 Å². The number of H-pyrrole nitrogens is 1. The van der Waals surface area contributed by atoms with Crippen LogP contribution in [0.1, 0.15) is 30.6 Å². The summed E-state index contributed by atoms with van der Waals surface area (Å²) in [4.78, 5) is 3.75. The fraction of sp³-hybridized carbons (Fsp3) is 0.500. The Balaban J connectivity index is 1.73. The lowest BCUT2D eigenvalue weighted by Gasteiger charge is -2.62. The van der Waals surface area contributed by atoms with Crippen molar-refractivity contribution in [2.75, 3.05) is 20.2 Å². The maximum atomic E-state index is 10.1. The molecule has 23 heavy (non-hydrogen) atoms. The highest BCUT2D eigenvalue weighted by atomic mass is 16.3. The minimum absolute atomic E-state index is 0.324. The Morgan fingerprint density at radius 2 is 2.17 bits per heavy atom. The van der Waals surface area contributed by atoms with Gasteiger partial charge in [-0.25, -0.2) is 0 Å². The summed E-state index contributed by atoms with van der Waals surface area (Å²) in [5, 5.41) is 11.5. The quantitative estimate of drug-likeness (QED) is 0.616. The maximum absolute atomic E-state index is 10.1. The van der Waals surface area contributed by atoms with Crippen molar-refractivity contribution in [3.8, 4) is 0 Å². The number of hydrogen-bond acceptors (Lipinski definition) is 1. The van der Waals surface area contributed by atoms with Gasteiger partial charge in [0.1, 0.15) is 12.6 Å². The summed E-state index contributed by atoms with van der Waals surface area (Å²) in [5.41, 5.74) is 5.84. The van der Waals surface area contributed by atoms with Crippen LogP contribution in [-0.4, -0.2) is 40.8 Å². The molecule has 2 aromatic rings. The first-order valence-electron chi connectivity index (χ1n) is 8.87. The molecule has 0 saturated carbocycles. The van der Waals surface area contributed by atoms with Crippen molar-refractivity contribution in [2.24, 2.45) is 11.8 Å². The topological polar surface area (TPSA) is 36.0 Å². The van der Waals surface area contributed by atoms with Crippen LogP contribution in [0.3, 0.4) is 0 Å². The smallest absolute Gasteiger partial charge is 0.131 e. The number of quaternary nitrogens is 1. The molecule has 3 fully saturated rings. The average Bonchev–Trinajstić information content (AvgIpc) is 2.92. The second-order valence-electron chi connectivity index (χ2n) is 7.91. The number of piperidine rings is 3. The largest absolute Gasteiger partial charge is 0.396 e. The molecule has 120 valence electrons. The van der Waals surface area contributed by atoms with Crippen LogP contribution in [0.4, 0.5) is 0 Å². The third-order valence-electron chi connectivity index (χ3n) is 7.13. The van der Waals surface area contributed by atoms with E-state index in [1.807, 2.05) is 0 Å². The van der Waals surface area contributed by atoms with Crippen molar-refractivity contribution in [1.29, 1.82) is 0 Å². The SMILES string of the molecule is C/C=C1/C[N@+]2(C)[C@H]3C[C@H]1[C@@H](CO)[C@@H]2Cc1c3[nH]c2ccccc12. The summed E-state index contributed by atoms with van der Waals surface area (Å²) in [6.07, 6.45) is 4.59. The van der Waals surface area contributed by atoms with Crippen molar-refractivity contribution in [3.05, 3.63) is 47.2 Å². The third-order valence-corrected chi connectivity index (χ3v) is 7.13. The number of nitrogens with one attached hydrogen (secondary N) is 1. The molecule has 5 atom stereocenters. The molecule has 6 rings (SSSR count). The van der Waals surface area contributed by atoms with Crippen molar-refractivity contribution in [1.82, 2.24) is 4.98 Å². The maximum Gasteiger partial charge on any atom is 0.131 e. The number of rotatable bonds is 1. The molecule has 0 unspecified atom stereocenters. The predicted molar refractivity (Wildman–Crippen MR) is 92.0 cm³/mol. The highest BCUT2D eigenvalue weighted by Gasteiger charge is 2.61. The van der Waals surface area contributed by atoms with E-state index in [0.717, 1.165) is 17.4 Å². The van der Waals surface area contributed by atoms with Gasteiger partial charge in [-0.2, -0.15) is 0 Å². The number of allylic oxidation sites excluding steroid dienone is 1. The van der Waals surface area contributed by atoms with Gasteiger partial charge in [0.15, 0.2) is 0 Å². The number of aromatic nitrogens is 1. The van der Waals surface area contributed by atoms with E-state index in [1.165, 1.54) is 28.6 Å². The first kappa shape index (κ1) is 13.8. The number of aliphatic hydroxyl groups is 1. The van der Waals surface area contributed by atoms with Crippen LogP contribution in [-0.2, 0) is 6.42 Å². The van der Waals surface area contributed by atoms with Gasteiger partial charge in [0.2, 0.25) is 0 Å². The van der Waals surface area contributed by atoms with E-state index in [1.54, 1.807) is 5.57 Å². The van der Waals surface area contributed by atoms with Gasteiger partial charge < -0.3 is 14.6 Å². The Kier molecular flexibility index (Phi) is 2.70. The molecule has 2 N–H and O–H groups in total. The lowest BCUT2D eigenvalue weighted by molar-refractivity contribution is -0.978. The minimum atomic E-state index is 0.324. The van der Waals surface area contributed by atoms with Gasteiger partial charge in [-0.05, 0) is 24.1 Å². The van der Waals surface area contributed by atoms with Crippen molar-refractivity contribution >= 4 is 10.9 Å². The number of nitrogens with zero attached hydrogens (tertiary/aromatic N) is 1. The molecule has 5 heterocycles.